The van der Waals surface area contributed by atoms with Gasteiger partial charge in [-0.15, -0.1) is 0 Å². The Balaban J connectivity index is 1.70. The number of hydrogen-bond donors (Lipinski definition) is 0. The Labute approximate surface area is 127 Å². The maximum atomic E-state index is 12.8. The van der Waals surface area contributed by atoms with E-state index in [0.29, 0.717) is 11.3 Å². The van der Waals surface area contributed by atoms with E-state index in [9.17, 15) is 9.18 Å². The number of ketones is 1. The van der Waals surface area contributed by atoms with Crippen LogP contribution in [0.4, 0.5) is 4.39 Å². The van der Waals surface area contributed by atoms with E-state index in [1.165, 1.54) is 36.6 Å². The van der Waals surface area contributed by atoms with Crippen molar-refractivity contribution in [3.63, 3.8) is 0 Å². The molecule has 0 amide bonds. The number of ether oxygens (including phenoxy) is 1. The highest BCUT2D eigenvalue weighted by molar-refractivity contribution is 6.04. The van der Waals surface area contributed by atoms with Gasteiger partial charge in [0.2, 0.25) is 0 Å². The van der Waals surface area contributed by atoms with E-state index in [0.717, 1.165) is 10.8 Å². The number of allylic oxidation sites excluding steroid dienone is 1. The first kappa shape index (κ1) is 14.0. The van der Waals surface area contributed by atoms with Gasteiger partial charge in [-0.25, -0.2) is 4.39 Å². The Hall–Kier alpha value is -2.94. The zero-order valence-corrected chi connectivity index (χ0v) is 11.7. The summed E-state index contributed by atoms with van der Waals surface area (Å²) in [6.45, 7) is 0. The van der Waals surface area contributed by atoms with Crippen LogP contribution in [0.2, 0.25) is 0 Å². The highest BCUT2D eigenvalue weighted by Crippen LogP contribution is 2.20. The molecule has 0 heterocycles. The first-order chi connectivity index (χ1) is 10.7. The molecule has 108 valence electrons. The minimum absolute atomic E-state index is 0.235. The topological polar surface area (TPSA) is 26.3 Å². The third-order valence-electron chi connectivity index (χ3n) is 3.27. The summed E-state index contributed by atoms with van der Waals surface area (Å²) in [5.74, 6) is 0.0515. The van der Waals surface area contributed by atoms with Gasteiger partial charge in [-0.1, -0.05) is 30.3 Å². The number of hydrogen-bond acceptors (Lipinski definition) is 2. The van der Waals surface area contributed by atoms with E-state index in [1.807, 2.05) is 42.5 Å². The fourth-order valence-corrected chi connectivity index (χ4v) is 2.13. The summed E-state index contributed by atoms with van der Waals surface area (Å²) in [5, 5.41) is 2.19. The van der Waals surface area contributed by atoms with E-state index in [1.54, 1.807) is 0 Å². The van der Waals surface area contributed by atoms with Gasteiger partial charge in [0.25, 0.3) is 0 Å². The first-order valence-electron chi connectivity index (χ1n) is 6.84. The van der Waals surface area contributed by atoms with Crippen molar-refractivity contribution in [3.8, 4) is 5.75 Å². The van der Waals surface area contributed by atoms with Crippen LogP contribution in [-0.2, 0) is 0 Å². The van der Waals surface area contributed by atoms with Crippen LogP contribution >= 0.6 is 0 Å². The van der Waals surface area contributed by atoms with Crippen molar-refractivity contribution in [2.75, 3.05) is 0 Å². The lowest BCUT2D eigenvalue weighted by molar-refractivity contribution is 0.104. The molecule has 3 aromatic rings. The zero-order valence-electron chi connectivity index (χ0n) is 11.7. The van der Waals surface area contributed by atoms with Crippen LogP contribution in [0.15, 0.2) is 79.1 Å². The van der Waals surface area contributed by atoms with Crippen LogP contribution in [0.5, 0.6) is 5.75 Å². The SMILES string of the molecule is O=C(/C=C\Oc1ccc2ccccc2c1)c1ccc(F)cc1. The second-order valence-electron chi connectivity index (χ2n) is 4.80. The van der Waals surface area contributed by atoms with Gasteiger partial charge in [0, 0.05) is 11.6 Å². The maximum Gasteiger partial charge on any atom is 0.188 e. The molecule has 0 unspecified atom stereocenters. The fraction of sp³-hybridized carbons (Fsp3) is 0. The van der Waals surface area contributed by atoms with Crippen molar-refractivity contribution < 1.29 is 13.9 Å². The van der Waals surface area contributed by atoms with E-state index >= 15 is 0 Å². The Morgan fingerprint density at radius 2 is 1.64 bits per heavy atom. The molecule has 3 heteroatoms. The number of carbonyl (C=O) groups excluding carboxylic acids is 1. The standard InChI is InChI=1S/C19H13FO2/c20-17-8-5-15(6-9-17)19(21)11-12-22-18-10-7-14-3-1-2-4-16(14)13-18/h1-13H/b12-11-. The molecule has 0 spiro atoms. The molecule has 0 atom stereocenters. The lowest BCUT2D eigenvalue weighted by Gasteiger charge is -2.02. The Morgan fingerprint density at radius 1 is 0.909 bits per heavy atom. The molecular weight excluding hydrogens is 279 g/mol. The summed E-state index contributed by atoms with van der Waals surface area (Å²) in [5.41, 5.74) is 0.416. The Morgan fingerprint density at radius 3 is 2.41 bits per heavy atom. The van der Waals surface area contributed by atoms with Crippen LogP contribution in [-0.4, -0.2) is 5.78 Å². The summed E-state index contributed by atoms with van der Waals surface area (Å²) in [4.78, 5) is 11.9. The third-order valence-corrected chi connectivity index (χ3v) is 3.27. The van der Waals surface area contributed by atoms with Gasteiger partial charge >= 0.3 is 0 Å². The van der Waals surface area contributed by atoms with Crippen LogP contribution < -0.4 is 4.74 Å². The highest BCUT2D eigenvalue weighted by Gasteiger charge is 2.02. The number of carbonyl (C=O) groups is 1. The van der Waals surface area contributed by atoms with Gasteiger partial charge in [0.15, 0.2) is 5.78 Å². The molecule has 3 aromatic carbocycles. The van der Waals surface area contributed by atoms with Crippen molar-refractivity contribution in [2.24, 2.45) is 0 Å². The number of benzene rings is 3. The van der Waals surface area contributed by atoms with Crippen molar-refractivity contribution in [1.29, 1.82) is 0 Å². The minimum atomic E-state index is -0.368. The first-order valence-corrected chi connectivity index (χ1v) is 6.84. The summed E-state index contributed by atoms with van der Waals surface area (Å²) < 4.78 is 18.3. The molecule has 0 saturated carbocycles. The molecule has 0 aliphatic rings. The Bertz CT molecular complexity index is 835. The van der Waals surface area contributed by atoms with Crippen molar-refractivity contribution >= 4 is 16.6 Å². The van der Waals surface area contributed by atoms with Crippen molar-refractivity contribution in [3.05, 3.63) is 90.4 Å². The quantitative estimate of drug-likeness (QED) is 0.394. The summed E-state index contributed by atoms with van der Waals surface area (Å²) >= 11 is 0. The van der Waals surface area contributed by atoms with Crippen LogP contribution in [0.1, 0.15) is 10.4 Å². The molecule has 22 heavy (non-hydrogen) atoms. The minimum Gasteiger partial charge on any atom is -0.465 e. The Kier molecular flexibility index (Phi) is 3.97. The summed E-state index contributed by atoms with van der Waals surface area (Å²) in [7, 11) is 0. The third kappa shape index (κ3) is 3.20. The second-order valence-corrected chi connectivity index (χ2v) is 4.80. The van der Waals surface area contributed by atoms with Gasteiger partial charge in [-0.05, 0) is 47.2 Å². The average molecular weight is 292 g/mol. The molecule has 0 radical (unpaired) electrons. The molecule has 0 bridgehead atoms. The molecule has 0 aliphatic carbocycles. The lowest BCUT2D eigenvalue weighted by Crippen LogP contribution is -1.95. The van der Waals surface area contributed by atoms with Crippen molar-refractivity contribution in [2.45, 2.75) is 0 Å². The average Bonchev–Trinajstić information content (AvgIpc) is 2.55. The fourth-order valence-electron chi connectivity index (χ4n) is 2.13. The van der Waals surface area contributed by atoms with E-state index in [2.05, 4.69) is 0 Å². The molecule has 0 aromatic heterocycles. The van der Waals surface area contributed by atoms with Gasteiger partial charge in [-0.2, -0.15) is 0 Å². The summed E-state index contributed by atoms with van der Waals surface area (Å²) in [6.07, 6.45) is 2.66. The predicted octanol–water partition coefficient (Wildman–Crippen LogP) is 4.75. The number of halogens is 1. The van der Waals surface area contributed by atoms with E-state index < -0.39 is 0 Å². The predicted molar refractivity (Wildman–Crippen MR) is 84.4 cm³/mol. The molecule has 0 fully saturated rings. The molecule has 2 nitrogen and oxygen atoms in total. The lowest BCUT2D eigenvalue weighted by atomic mass is 10.1. The maximum absolute atomic E-state index is 12.8. The number of rotatable bonds is 4. The molecular formula is C19H13FO2. The van der Waals surface area contributed by atoms with Gasteiger partial charge < -0.3 is 4.74 Å². The van der Waals surface area contributed by atoms with Gasteiger partial charge in [0.05, 0.1) is 6.26 Å². The van der Waals surface area contributed by atoms with E-state index in [-0.39, 0.29) is 11.6 Å². The molecule has 0 saturated heterocycles. The van der Waals surface area contributed by atoms with Crippen LogP contribution in [0.3, 0.4) is 0 Å². The van der Waals surface area contributed by atoms with E-state index in [4.69, 9.17) is 4.74 Å². The molecule has 3 rings (SSSR count). The normalized spacial score (nSPS) is 11.0. The van der Waals surface area contributed by atoms with Crippen LogP contribution in [0.25, 0.3) is 10.8 Å². The summed E-state index contributed by atoms with van der Waals surface area (Å²) in [6, 6.07) is 19.1. The van der Waals surface area contributed by atoms with Gasteiger partial charge in [0.1, 0.15) is 11.6 Å². The second kappa shape index (κ2) is 6.22. The molecule has 0 N–H and O–H groups in total. The molecule has 0 aliphatic heterocycles. The van der Waals surface area contributed by atoms with Gasteiger partial charge in [-0.3, -0.25) is 4.79 Å². The largest absolute Gasteiger partial charge is 0.465 e. The monoisotopic (exact) mass is 292 g/mol. The van der Waals surface area contributed by atoms with Crippen molar-refractivity contribution in [1.82, 2.24) is 0 Å². The van der Waals surface area contributed by atoms with Crippen LogP contribution in [0, 0.1) is 5.82 Å². The highest BCUT2D eigenvalue weighted by atomic mass is 19.1. The smallest absolute Gasteiger partial charge is 0.188 e. The zero-order chi connectivity index (χ0) is 15.4. The number of fused-ring (bicyclic) bond motifs is 1.